The van der Waals surface area contributed by atoms with Gasteiger partial charge in [0.2, 0.25) is 0 Å². The Morgan fingerprint density at radius 3 is 2.12 bits per heavy atom. The van der Waals surface area contributed by atoms with Gasteiger partial charge in [-0.3, -0.25) is 0 Å². The minimum absolute atomic E-state index is 0.00985. The smallest absolute Gasteiger partial charge is 0.399 e. The lowest BCUT2D eigenvalue weighted by Gasteiger charge is -2.32. The molecule has 1 fully saturated rings. The molecule has 172 valence electrons. The molecule has 3 atom stereocenters. The summed E-state index contributed by atoms with van der Waals surface area (Å²) < 4.78 is 73.5. The highest BCUT2D eigenvalue weighted by Crippen LogP contribution is 2.48. The normalized spacial score (nSPS) is 26.3. The Kier molecular flexibility index (Phi) is 5.77. The summed E-state index contributed by atoms with van der Waals surface area (Å²) in [5, 5.41) is 0. The third kappa shape index (κ3) is 3.89. The molecule has 0 spiro atoms. The molecule has 0 aromatic heterocycles. The quantitative estimate of drug-likeness (QED) is 0.626. The number of hydrogen-bond donors (Lipinski definition) is 0. The van der Waals surface area contributed by atoms with Gasteiger partial charge in [-0.05, 0) is 50.4 Å². The first-order valence-corrected chi connectivity index (χ1v) is 12.4. The van der Waals surface area contributed by atoms with Crippen molar-refractivity contribution >= 4 is 22.4 Å². The third-order valence-electron chi connectivity index (χ3n) is 6.59. The largest absolute Gasteiger partial charge is 0.495 e. The van der Waals surface area contributed by atoms with Crippen molar-refractivity contribution in [1.29, 1.82) is 0 Å². The van der Waals surface area contributed by atoms with Crippen LogP contribution in [0.15, 0.2) is 47.4 Å². The summed E-state index contributed by atoms with van der Waals surface area (Å²) in [7, 11) is -4.73. The lowest BCUT2D eigenvalue weighted by atomic mass is 9.74. The summed E-state index contributed by atoms with van der Waals surface area (Å²) >= 11 is 0. The van der Waals surface area contributed by atoms with Gasteiger partial charge in [0.15, 0.2) is 22.2 Å². The molecule has 0 unspecified atom stereocenters. The Morgan fingerprint density at radius 2 is 1.56 bits per heavy atom. The summed E-state index contributed by atoms with van der Waals surface area (Å²) in [4.78, 5) is -0.145. The molecule has 2 aromatic carbocycles. The van der Waals surface area contributed by atoms with Crippen LogP contribution < -0.4 is 5.46 Å². The fourth-order valence-corrected chi connectivity index (χ4v) is 5.08. The third-order valence-corrected chi connectivity index (χ3v) is 7.74. The van der Waals surface area contributed by atoms with Crippen LogP contribution in [-0.4, -0.2) is 39.2 Å². The number of benzene rings is 2. The standard InChI is InChI=1S/C23H27BF2O5S/c1-22(2)23(3,4)31-24(30-22)15-11-12-16(32(5,27)28)18-17(15)19(25)20(26)21(18)29-13-14-9-7-6-8-10-14/h6-12,19-21H,13H2,1-5H3/t19-,20-,21+/m1/s1. The Balaban J connectivity index is 1.80. The van der Waals surface area contributed by atoms with Gasteiger partial charge in [0.1, 0.15) is 6.10 Å². The van der Waals surface area contributed by atoms with Crippen LogP contribution in [0.25, 0.3) is 0 Å². The number of alkyl halides is 2. The van der Waals surface area contributed by atoms with Crippen molar-refractivity contribution in [2.75, 3.05) is 6.26 Å². The Bertz CT molecular complexity index is 1100. The number of rotatable bonds is 5. The molecular formula is C23H27BF2O5S. The maximum Gasteiger partial charge on any atom is 0.495 e. The van der Waals surface area contributed by atoms with Crippen molar-refractivity contribution in [3.63, 3.8) is 0 Å². The molecule has 5 nitrogen and oxygen atoms in total. The zero-order valence-electron chi connectivity index (χ0n) is 18.8. The molecule has 1 aliphatic carbocycles. The lowest BCUT2D eigenvalue weighted by molar-refractivity contribution is -0.0278. The van der Waals surface area contributed by atoms with E-state index in [-0.39, 0.29) is 28.1 Å². The molecule has 1 heterocycles. The van der Waals surface area contributed by atoms with E-state index >= 15 is 8.78 Å². The predicted molar refractivity (Wildman–Crippen MR) is 118 cm³/mol. The van der Waals surface area contributed by atoms with E-state index in [1.54, 1.807) is 12.1 Å². The molecule has 0 radical (unpaired) electrons. The number of hydrogen-bond acceptors (Lipinski definition) is 5. The fraction of sp³-hybridized carbons (Fsp3) is 0.478. The summed E-state index contributed by atoms with van der Waals surface area (Å²) in [6.07, 6.45) is -4.48. The van der Waals surface area contributed by atoms with Gasteiger partial charge < -0.3 is 14.0 Å². The van der Waals surface area contributed by atoms with Crippen LogP contribution in [0.4, 0.5) is 8.78 Å². The van der Waals surface area contributed by atoms with Crippen LogP contribution in [0.3, 0.4) is 0 Å². The lowest BCUT2D eigenvalue weighted by Crippen LogP contribution is -2.41. The second kappa shape index (κ2) is 7.90. The maximum atomic E-state index is 15.4. The van der Waals surface area contributed by atoms with E-state index in [2.05, 4.69) is 0 Å². The highest BCUT2D eigenvalue weighted by molar-refractivity contribution is 7.90. The summed E-state index contributed by atoms with van der Waals surface area (Å²) in [6.45, 7) is 7.44. The Hall–Kier alpha value is -1.81. The monoisotopic (exact) mass is 464 g/mol. The van der Waals surface area contributed by atoms with Gasteiger partial charge in [0.05, 0.1) is 22.7 Å². The number of halogens is 2. The SMILES string of the molecule is CC1(C)OB(c2ccc(S(C)(=O)=O)c3c2[C@@H](F)[C@@H](F)[C@H]3OCc2ccccc2)OC1(C)C. The zero-order valence-corrected chi connectivity index (χ0v) is 19.6. The van der Waals surface area contributed by atoms with E-state index in [0.717, 1.165) is 11.8 Å². The zero-order chi connectivity index (χ0) is 23.5. The van der Waals surface area contributed by atoms with E-state index in [4.69, 9.17) is 14.0 Å². The van der Waals surface area contributed by atoms with Crippen LogP contribution in [-0.2, 0) is 30.5 Å². The second-order valence-electron chi connectivity index (χ2n) is 9.40. The van der Waals surface area contributed by atoms with Gasteiger partial charge in [0.25, 0.3) is 0 Å². The van der Waals surface area contributed by atoms with Crippen LogP contribution in [0.2, 0.25) is 0 Å². The van der Waals surface area contributed by atoms with Crippen molar-refractivity contribution in [3.05, 3.63) is 59.2 Å². The minimum Gasteiger partial charge on any atom is -0.399 e. The molecule has 2 aliphatic rings. The van der Waals surface area contributed by atoms with Crippen LogP contribution in [0.5, 0.6) is 0 Å². The first kappa shape index (κ1) is 23.4. The molecule has 0 amide bonds. The molecule has 1 aliphatic heterocycles. The van der Waals surface area contributed by atoms with E-state index in [1.807, 2.05) is 45.9 Å². The summed E-state index contributed by atoms with van der Waals surface area (Å²) in [5.74, 6) is 0. The molecule has 0 bridgehead atoms. The predicted octanol–water partition coefficient (Wildman–Crippen LogP) is 4.01. The molecular weight excluding hydrogens is 437 g/mol. The first-order chi connectivity index (χ1) is 14.8. The maximum absolute atomic E-state index is 15.4. The first-order valence-electron chi connectivity index (χ1n) is 10.5. The van der Waals surface area contributed by atoms with Crippen molar-refractivity contribution in [2.45, 2.75) is 68.8 Å². The van der Waals surface area contributed by atoms with Crippen LogP contribution in [0.1, 0.15) is 56.7 Å². The van der Waals surface area contributed by atoms with E-state index in [1.165, 1.54) is 12.1 Å². The fourth-order valence-electron chi connectivity index (χ4n) is 4.14. The summed E-state index contributed by atoms with van der Waals surface area (Å²) in [6, 6.07) is 11.9. The highest BCUT2D eigenvalue weighted by Gasteiger charge is 2.55. The van der Waals surface area contributed by atoms with E-state index < -0.39 is 46.6 Å². The van der Waals surface area contributed by atoms with Crippen molar-refractivity contribution in [2.24, 2.45) is 0 Å². The average Bonchev–Trinajstić information content (AvgIpc) is 3.08. The van der Waals surface area contributed by atoms with Gasteiger partial charge in [-0.25, -0.2) is 17.2 Å². The summed E-state index contributed by atoms with van der Waals surface area (Å²) in [5.41, 5.74) is -0.378. The molecule has 2 aromatic rings. The Labute approximate surface area is 188 Å². The van der Waals surface area contributed by atoms with Crippen molar-refractivity contribution in [3.8, 4) is 0 Å². The molecule has 1 saturated heterocycles. The average molecular weight is 464 g/mol. The molecule has 9 heteroatoms. The van der Waals surface area contributed by atoms with Gasteiger partial charge in [-0.2, -0.15) is 0 Å². The Morgan fingerprint density at radius 1 is 0.969 bits per heavy atom. The molecule has 0 saturated carbocycles. The minimum atomic E-state index is -3.77. The van der Waals surface area contributed by atoms with Crippen molar-refractivity contribution in [1.82, 2.24) is 0 Å². The molecule has 4 rings (SSSR count). The molecule has 32 heavy (non-hydrogen) atoms. The van der Waals surface area contributed by atoms with Gasteiger partial charge >= 0.3 is 7.12 Å². The topological polar surface area (TPSA) is 61.8 Å². The number of sulfone groups is 1. The van der Waals surface area contributed by atoms with Gasteiger partial charge in [-0.15, -0.1) is 0 Å². The molecule has 0 N–H and O–H groups in total. The highest BCUT2D eigenvalue weighted by atomic mass is 32.2. The van der Waals surface area contributed by atoms with Crippen LogP contribution in [0, 0.1) is 0 Å². The van der Waals surface area contributed by atoms with Gasteiger partial charge in [0, 0.05) is 11.8 Å². The number of fused-ring (bicyclic) bond motifs is 1. The van der Waals surface area contributed by atoms with E-state index in [0.29, 0.717) is 0 Å². The second-order valence-corrected chi connectivity index (χ2v) is 11.4. The van der Waals surface area contributed by atoms with E-state index in [9.17, 15) is 8.42 Å². The number of ether oxygens (including phenoxy) is 1. The van der Waals surface area contributed by atoms with Gasteiger partial charge in [-0.1, -0.05) is 36.4 Å². The van der Waals surface area contributed by atoms with Crippen molar-refractivity contribution < 1.29 is 31.2 Å². The van der Waals surface area contributed by atoms with Crippen LogP contribution >= 0.6 is 0 Å².